The number of aliphatic hydroxyl groups is 1. The fraction of sp³-hybridized carbons (Fsp3) is 0.364. The van der Waals surface area contributed by atoms with Gasteiger partial charge in [-0.25, -0.2) is 9.97 Å². The Labute approximate surface area is 170 Å². The molecule has 0 radical (unpaired) electrons. The van der Waals surface area contributed by atoms with E-state index >= 15 is 0 Å². The second-order valence-electron chi connectivity index (χ2n) is 7.48. The van der Waals surface area contributed by atoms with Gasteiger partial charge in [0.25, 0.3) is 11.7 Å². The number of aromatic nitrogens is 2. The van der Waals surface area contributed by atoms with Crippen LogP contribution in [0.25, 0.3) is 5.76 Å². The second kappa shape index (κ2) is 8.53. The summed E-state index contributed by atoms with van der Waals surface area (Å²) >= 11 is 0. The minimum Gasteiger partial charge on any atom is -0.507 e. The Morgan fingerprint density at radius 1 is 1.17 bits per heavy atom. The van der Waals surface area contributed by atoms with Crippen molar-refractivity contribution in [3.63, 3.8) is 0 Å². The zero-order valence-corrected chi connectivity index (χ0v) is 17.2. The summed E-state index contributed by atoms with van der Waals surface area (Å²) < 4.78 is 0. The lowest BCUT2D eigenvalue weighted by Crippen LogP contribution is -2.32. The van der Waals surface area contributed by atoms with Crippen molar-refractivity contribution in [2.75, 3.05) is 27.2 Å². The number of likely N-dealkylation sites (tertiary alicyclic amines) is 1. The first-order chi connectivity index (χ1) is 13.8. The van der Waals surface area contributed by atoms with Crippen molar-refractivity contribution in [2.24, 2.45) is 0 Å². The summed E-state index contributed by atoms with van der Waals surface area (Å²) in [6.07, 6.45) is 2.21. The number of ketones is 1. The maximum atomic E-state index is 12.9. The van der Waals surface area contributed by atoms with Crippen molar-refractivity contribution in [3.05, 3.63) is 64.7 Å². The topological polar surface area (TPSA) is 86.6 Å². The molecule has 1 aliphatic heterocycles. The van der Waals surface area contributed by atoms with E-state index in [1.54, 1.807) is 18.7 Å². The monoisotopic (exact) mass is 394 g/mol. The molecular weight excluding hydrogens is 368 g/mol. The first kappa shape index (κ1) is 20.7. The largest absolute Gasteiger partial charge is 0.507 e. The number of aliphatic hydroxyl groups excluding tert-OH is 1. The number of hydrogen-bond acceptors (Lipinski definition) is 6. The van der Waals surface area contributed by atoms with E-state index < -0.39 is 17.7 Å². The smallest absolute Gasteiger partial charge is 0.295 e. The van der Waals surface area contributed by atoms with E-state index in [0.29, 0.717) is 23.6 Å². The van der Waals surface area contributed by atoms with Crippen LogP contribution in [0.3, 0.4) is 0 Å². The molecule has 0 saturated carbocycles. The number of carbonyl (C=O) groups is 2. The summed E-state index contributed by atoms with van der Waals surface area (Å²) in [4.78, 5) is 37.8. The number of rotatable bonds is 6. The maximum absolute atomic E-state index is 12.9. The Morgan fingerprint density at radius 3 is 2.48 bits per heavy atom. The SMILES string of the molecule is Cc1ncc(C(O)=C2C(=O)C(=O)N(CCCN(C)C)C2c2ccccc2)c(C)n1. The van der Waals surface area contributed by atoms with Crippen LogP contribution in [0.5, 0.6) is 0 Å². The van der Waals surface area contributed by atoms with Gasteiger partial charge in [0, 0.05) is 12.7 Å². The maximum Gasteiger partial charge on any atom is 0.295 e. The average molecular weight is 394 g/mol. The van der Waals surface area contributed by atoms with Crippen LogP contribution < -0.4 is 0 Å². The van der Waals surface area contributed by atoms with E-state index in [1.807, 2.05) is 49.3 Å². The van der Waals surface area contributed by atoms with Crippen molar-refractivity contribution in [2.45, 2.75) is 26.3 Å². The van der Waals surface area contributed by atoms with Crippen LogP contribution in [0.1, 0.15) is 35.1 Å². The standard InChI is InChI=1S/C22H26N4O3/c1-14-17(13-23-15(2)24-14)20(27)18-19(16-9-6-5-7-10-16)26(22(29)21(18)28)12-8-11-25(3)4/h5-7,9-10,13,19,27H,8,11-12H2,1-4H3. The normalized spacial score (nSPS) is 18.7. The lowest BCUT2D eigenvalue weighted by molar-refractivity contribution is -0.139. The van der Waals surface area contributed by atoms with Crippen molar-refractivity contribution >= 4 is 17.4 Å². The number of carbonyl (C=O) groups excluding carboxylic acids is 2. The number of nitrogens with zero attached hydrogens (tertiary/aromatic N) is 4. The first-order valence-electron chi connectivity index (χ1n) is 9.60. The summed E-state index contributed by atoms with van der Waals surface area (Å²) in [5.41, 5.74) is 1.79. The number of aryl methyl sites for hydroxylation is 2. The van der Waals surface area contributed by atoms with Gasteiger partial charge in [-0.15, -0.1) is 0 Å². The molecular formula is C22H26N4O3. The minimum absolute atomic E-state index is 0.0848. The lowest BCUT2D eigenvalue weighted by Gasteiger charge is -2.26. The molecule has 0 spiro atoms. The van der Waals surface area contributed by atoms with Gasteiger partial charge < -0.3 is 14.9 Å². The molecule has 3 rings (SSSR count). The van der Waals surface area contributed by atoms with E-state index in [4.69, 9.17) is 0 Å². The fourth-order valence-electron chi connectivity index (χ4n) is 3.61. The van der Waals surface area contributed by atoms with Crippen molar-refractivity contribution in [1.82, 2.24) is 19.8 Å². The zero-order chi connectivity index (χ0) is 21.1. The molecule has 1 aliphatic rings. The number of benzene rings is 1. The molecule has 1 saturated heterocycles. The Kier molecular flexibility index (Phi) is 6.08. The molecule has 1 aromatic heterocycles. The minimum atomic E-state index is -0.679. The molecule has 1 amide bonds. The van der Waals surface area contributed by atoms with Gasteiger partial charge in [0.2, 0.25) is 0 Å². The molecule has 1 fully saturated rings. The van der Waals surface area contributed by atoms with Crippen molar-refractivity contribution in [3.8, 4) is 0 Å². The first-order valence-corrected chi connectivity index (χ1v) is 9.60. The molecule has 29 heavy (non-hydrogen) atoms. The van der Waals surface area contributed by atoms with E-state index in [-0.39, 0.29) is 11.3 Å². The summed E-state index contributed by atoms with van der Waals surface area (Å²) in [6, 6.07) is 8.67. The predicted molar refractivity (Wildman–Crippen MR) is 110 cm³/mol. The molecule has 2 aromatic rings. The van der Waals surface area contributed by atoms with Gasteiger partial charge in [0.1, 0.15) is 11.6 Å². The highest BCUT2D eigenvalue weighted by molar-refractivity contribution is 6.46. The van der Waals surface area contributed by atoms with Crippen LogP contribution in [-0.4, -0.2) is 63.7 Å². The second-order valence-corrected chi connectivity index (χ2v) is 7.48. The van der Waals surface area contributed by atoms with Crippen LogP contribution in [0.4, 0.5) is 0 Å². The highest BCUT2D eigenvalue weighted by Gasteiger charge is 2.45. The van der Waals surface area contributed by atoms with E-state index in [2.05, 4.69) is 9.97 Å². The summed E-state index contributed by atoms with van der Waals surface area (Å²) in [5.74, 6) is -0.932. The highest BCUT2D eigenvalue weighted by Crippen LogP contribution is 2.39. The van der Waals surface area contributed by atoms with Gasteiger partial charge in [-0.1, -0.05) is 30.3 Å². The van der Waals surface area contributed by atoms with Gasteiger partial charge in [-0.3, -0.25) is 9.59 Å². The predicted octanol–water partition coefficient (Wildman–Crippen LogP) is 2.47. The van der Waals surface area contributed by atoms with E-state index in [0.717, 1.165) is 18.5 Å². The molecule has 7 heteroatoms. The number of amides is 1. The van der Waals surface area contributed by atoms with Gasteiger partial charge >= 0.3 is 0 Å². The van der Waals surface area contributed by atoms with Crippen LogP contribution in [0, 0.1) is 13.8 Å². The quantitative estimate of drug-likeness (QED) is 0.460. The molecule has 1 atom stereocenters. The molecule has 0 aliphatic carbocycles. The highest BCUT2D eigenvalue weighted by atomic mass is 16.3. The lowest BCUT2D eigenvalue weighted by atomic mass is 9.95. The van der Waals surface area contributed by atoms with Gasteiger partial charge in [0.05, 0.1) is 22.9 Å². The van der Waals surface area contributed by atoms with Crippen molar-refractivity contribution < 1.29 is 14.7 Å². The van der Waals surface area contributed by atoms with Crippen LogP contribution in [0.15, 0.2) is 42.1 Å². The molecule has 1 N–H and O–H groups in total. The van der Waals surface area contributed by atoms with Gasteiger partial charge in [-0.05, 0) is 46.5 Å². The Balaban J connectivity index is 2.10. The Bertz CT molecular complexity index is 954. The van der Waals surface area contributed by atoms with E-state index in [9.17, 15) is 14.7 Å². The van der Waals surface area contributed by atoms with Crippen LogP contribution in [0.2, 0.25) is 0 Å². The molecule has 0 bridgehead atoms. The summed E-state index contributed by atoms with van der Waals surface area (Å²) in [7, 11) is 3.92. The zero-order valence-electron chi connectivity index (χ0n) is 17.2. The third kappa shape index (κ3) is 4.19. The molecule has 2 heterocycles. The third-order valence-corrected chi connectivity index (χ3v) is 5.01. The molecule has 1 unspecified atom stereocenters. The van der Waals surface area contributed by atoms with Crippen LogP contribution in [-0.2, 0) is 9.59 Å². The number of Topliss-reactive ketones (excluding diaryl/α,β-unsaturated/α-hetero) is 1. The molecule has 1 aromatic carbocycles. The Morgan fingerprint density at radius 2 is 1.86 bits per heavy atom. The van der Waals surface area contributed by atoms with Crippen LogP contribution >= 0.6 is 0 Å². The molecule has 7 nitrogen and oxygen atoms in total. The fourth-order valence-corrected chi connectivity index (χ4v) is 3.61. The molecule has 152 valence electrons. The Hall–Kier alpha value is -3.06. The van der Waals surface area contributed by atoms with Gasteiger partial charge in [0.15, 0.2) is 0 Å². The average Bonchev–Trinajstić information content (AvgIpc) is 2.93. The van der Waals surface area contributed by atoms with Crippen molar-refractivity contribution in [1.29, 1.82) is 0 Å². The van der Waals surface area contributed by atoms with Gasteiger partial charge in [-0.2, -0.15) is 0 Å². The summed E-state index contributed by atoms with van der Waals surface area (Å²) in [5, 5.41) is 11.0. The third-order valence-electron chi connectivity index (χ3n) is 5.01. The summed E-state index contributed by atoms with van der Waals surface area (Å²) in [6.45, 7) is 4.71. The van der Waals surface area contributed by atoms with E-state index in [1.165, 1.54) is 6.20 Å². The number of hydrogen-bond donors (Lipinski definition) is 1.